The molecule has 2 aromatic carbocycles. The second-order valence-electron chi connectivity index (χ2n) is 11.4. The van der Waals surface area contributed by atoms with E-state index in [-0.39, 0.29) is 30.9 Å². The predicted octanol–water partition coefficient (Wildman–Crippen LogP) is 3.94. The largest absolute Gasteiger partial charge is 0.459 e. The molecule has 0 bridgehead atoms. The van der Waals surface area contributed by atoms with Crippen LogP contribution >= 0.6 is 11.8 Å². The number of nitrogens with zero attached hydrogens (tertiary/aromatic N) is 3. The Morgan fingerprint density at radius 3 is 2.72 bits per heavy atom. The summed E-state index contributed by atoms with van der Waals surface area (Å²) in [5, 5.41) is 6.28. The zero-order valence-corrected chi connectivity index (χ0v) is 26.0. The third-order valence-corrected chi connectivity index (χ3v) is 9.23. The second kappa shape index (κ2) is 13.7. The van der Waals surface area contributed by atoms with Crippen LogP contribution in [0.4, 0.5) is 0 Å². The van der Waals surface area contributed by atoms with Crippen molar-refractivity contribution in [3.8, 4) is 0 Å². The lowest BCUT2D eigenvalue weighted by Crippen LogP contribution is -2.54. The van der Waals surface area contributed by atoms with Crippen LogP contribution in [0.3, 0.4) is 0 Å². The molecule has 4 aromatic rings. The predicted molar refractivity (Wildman–Crippen MR) is 171 cm³/mol. The van der Waals surface area contributed by atoms with Crippen LogP contribution in [0.15, 0.2) is 82.4 Å². The molecule has 236 valence electrons. The number of hydrogen-bond acceptors (Lipinski definition) is 9. The molecule has 1 fully saturated rings. The molecule has 0 radical (unpaired) electrons. The Bertz CT molecular complexity index is 1780. The summed E-state index contributed by atoms with van der Waals surface area (Å²) >= 11 is 1.48. The highest BCUT2D eigenvalue weighted by Gasteiger charge is 2.45. The van der Waals surface area contributed by atoms with Crippen LogP contribution in [0.2, 0.25) is 0 Å². The highest BCUT2D eigenvalue weighted by Crippen LogP contribution is 2.35. The van der Waals surface area contributed by atoms with Crippen molar-refractivity contribution in [1.82, 2.24) is 25.4 Å². The number of benzene rings is 2. The molecule has 2 unspecified atom stereocenters. The number of nitrogens with one attached hydrogen (secondary N) is 2. The van der Waals surface area contributed by atoms with Crippen molar-refractivity contribution in [2.24, 2.45) is 0 Å². The molecular weight excluding hydrogens is 606 g/mol. The Balaban J connectivity index is 1.00. The highest BCUT2D eigenvalue weighted by molar-refractivity contribution is 7.99. The van der Waals surface area contributed by atoms with Crippen molar-refractivity contribution in [3.05, 3.63) is 95.5 Å². The van der Waals surface area contributed by atoms with Gasteiger partial charge in [-0.2, -0.15) is 0 Å². The number of imide groups is 2. The second-order valence-corrected chi connectivity index (χ2v) is 12.5. The Labute approximate surface area is 269 Å². The summed E-state index contributed by atoms with van der Waals surface area (Å²) in [6.45, 7) is 0.882. The van der Waals surface area contributed by atoms with E-state index in [1.54, 1.807) is 30.6 Å². The molecule has 6 rings (SSSR count). The van der Waals surface area contributed by atoms with Gasteiger partial charge in [-0.1, -0.05) is 30.3 Å². The SMILES string of the molecule is CN(CCCCSc1cccc2c1C(=O)N(C1CCC(=O)NC1=O)C2=O)CC(=O)NC(c1cccnc1)c1cc2ccccc2o1. The van der Waals surface area contributed by atoms with Crippen molar-refractivity contribution in [1.29, 1.82) is 0 Å². The van der Waals surface area contributed by atoms with Crippen molar-refractivity contribution in [3.63, 3.8) is 0 Å². The Morgan fingerprint density at radius 1 is 1.09 bits per heavy atom. The maximum atomic E-state index is 13.3. The number of furan rings is 1. The number of rotatable bonds is 12. The minimum absolute atomic E-state index is 0.0773. The number of pyridine rings is 1. The topological polar surface area (TPSA) is 142 Å². The summed E-state index contributed by atoms with van der Waals surface area (Å²) in [5.41, 5.74) is 2.15. The Kier molecular flexibility index (Phi) is 9.27. The highest BCUT2D eigenvalue weighted by atomic mass is 32.2. The number of unbranched alkanes of at least 4 members (excludes halogenated alkanes) is 1. The molecule has 1 saturated heterocycles. The summed E-state index contributed by atoms with van der Waals surface area (Å²) in [4.78, 5) is 71.3. The molecule has 46 heavy (non-hydrogen) atoms. The molecule has 2 atom stereocenters. The van der Waals surface area contributed by atoms with E-state index in [0.29, 0.717) is 28.5 Å². The minimum Gasteiger partial charge on any atom is -0.459 e. The van der Waals surface area contributed by atoms with Crippen LogP contribution in [0.25, 0.3) is 11.0 Å². The molecule has 4 heterocycles. The van der Waals surface area contributed by atoms with E-state index in [2.05, 4.69) is 15.6 Å². The number of amides is 5. The number of aromatic nitrogens is 1. The van der Waals surface area contributed by atoms with Crippen LogP contribution in [0, 0.1) is 0 Å². The smallest absolute Gasteiger partial charge is 0.263 e. The quantitative estimate of drug-likeness (QED) is 0.134. The molecule has 2 aliphatic heterocycles. The molecule has 0 saturated carbocycles. The Morgan fingerprint density at radius 2 is 1.93 bits per heavy atom. The van der Waals surface area contributed by atoms with Crippen LogP contribution in [0.5, 0.6) is 0 Å². The lowest BCUT2D eigenvalue weighted by atomic mass is 10.0. The van der Waals surface area contributed by atoms with E-state index in [0.717, 1.165) is 34.3 Å². The van der Waals surface area contributed by atoms with Crippen LogP contribution < -0.4 is 10.6 Å². The van der Waals surface area contributed by atoms with E-state index >= 15 is 0 Å². The number of carbonyl (C=O) groups excluding carboxylic acids is 5. The summed E-state index contributed by atoms with van der Waals surface area (Å²) < 4.78 is 6.07. The van der Waals surface area contributed by atoms with Crippen LogP contribution in [-0.2, 0) is 14.4 Å². The van der Waals surface area contributed by atoms with Gasteiger partial charge in [0, 0.05) is 34.7 Å². The van der Waals surface area contributed by atoms with E-state index in [4.69, 9.17) is 4.42 Å². The summed E-state index contributed by atoms with van der Waals surface area (Å²) in [7, 11) is 1.89. The number of likely N-dealkylation sites (N-methyl/N-ethyl adjacent to an activating group) is 1. The minimum atomic E-state index is -0.992. The van der Waals surface area contributed by atoms with Gasteiger partial charge < -0.3 is 9.73 Å². The van der Waals surface area contributed by atoms with Gasteiger partial charge in [-0.05, 0) is 68.9 Å². The first-order valence-corrected chi connectivity index (χ1v) is 16.1. The number of piperidine rings is 1. The molecule has 5 amide bonds. The molecule has 11 nitrogen and oxygen atoms in total. The Hall–Kier alpha value is -4.81. The number of thioether (sulfide) groups is 1. The number of fused-ring (bicyclic) bond motifs is 2. The molecule has 2 N–H and O–H groups in total. The van der Waals surface area contributed by atoms with Gasteiger partial charge in [0.05, 0.1) is 17.7 Å². The summed E-state index contributed by atoms with van der Waals surface area (Å²) in [6.07, 6.45) is 5.23. The van der Waals surface area contributed by atoms with Crippen molar-refractivity contribution in [2.45, 2.75) is 42.7 Å². The number of hydrogen-bond donors (Lipinski definition) is 2. The van der Waals surface area contributed by atoms with Gasteiger partial charge in [-0.25, -0.2) is 0 Å². The fourth-order valence-electron chi connectivity index (χ4n) is 5.81. The van der Waals surface area contributed by atoms with Crippen molar-refractivity contribution >= 4 is 52.3 Å². The van der Waals surface area contributed by atoms with Gasteiger partial charge in [0.25, 0.3) is 11.8 Å². The van der Waals surface area contributed by atoms with Gasteiger partial charge >= 0.3 is 0 Å². The fraction of sp³-hybridized carbons (Fsp3) is 0.294. The third kappa shape index (κ3) is 6.58. The average Bonchev–Trinajstić information content (AvgIpc) is 3.59. The molecular formula is C34H33N5O6S. The van der Waals surface area contributed by atoms with E-state index in [1.807, 2.05) is 54.4 Å². The molecule has 0 aliphatic carbocycles. The maximum absolute atomic E-state index is 13.3. The maximum Gasteiger partial charge on any atom is 0.263 e. The van der Waals surface area contributed by atoms with Crippen molar-refractivity contribution < 1.29 is 28.4 Å². The molecule has 2 aliphatic rings. The first-order valence-electron chi connectivity index (χ1n) is 15.1. The first-order chi connectivity index (χ1) is 22.3. The van der Waals surface area contributed by atoms with Gasteiger partial charge in [-0.15, -0.1) is 11.8 Å². The standard InChI is InChI=1S/C34H33N5O6S/c1-38(20-29(41)36-31(22-9-7-15-35-19-22)26-18-21-8-2-3-11-25(21)45-26)16-4-5-17-46-27-12-6-10-23-30(27)34(44)39(33(23)43)24-13-14-28(40)37-32(24)42/h2-3,6-12,15,18-19,24,31H,4-5,13-14,16-17,20H2,1H3,(H,36,41)(H,37,40,42). The normalized spacial score (nSPS) is 17.0. The van der Waals surface area contributed by atoms with Gasteiger partial charge in [-0.3, -0.25) is 44.1 Å². The van der Waals surface area contributed by atoms with Crippen molar-refractivity contribution in [2.75, 3.05) is 25.9 Å². The molecule has 12 heteroatoms. The zero-order chi connectivity index (χ0) is 32.2. The monoisotopic (exact) mass is 639 g/mol. The lowest BCUT2D eigenvalue weighted by molar-refractivity contribution is -0.136. The number of carbonyl (C=O) groups is 5. The molecule has 0 spiro atoms. The number of para-hydroxylation sites is 1. The zero-order valence-electron chi connectivity index (χ0n) is 25.2. The average molecular weight is 640 g/mol. The third-order valence-electron chi connectivity index (χ3n) is 8.09. The van der Waals surface area contributed by atoms with Gasteiger partial charge in [0.2, 0.25) is 17.7 Å². The summed E-state index contributed by atoms with van der Waals surface area (Å²) in [6, 6.07) is 17.0. The van der Waals surface area contributed by atoms with E-state index in [1.165, 1.54) is 11.8 Å². The van der Waals surface area contributed by atoms with Crippen LogP contribution in [-0.4, -0.2) is 76.3 Å². The first kappa shape index (κ1) is 31.2. The molecule has 2 aromatic heterocycles. The lowest BCUT2D eigenvalue weighted by Gasteiger charge is -2.27. The van der Waals surface area contributed by atoms with Crippen LogP contribution in [0.1, 0.15) is 63.8 Å². The van der Waals surface area contributed by atoms with Gasteiger partial charge in [0.1, 0.15) is 23.4 Å². The fourth-order valence-corrected chi connectivity index (χ4v) is 6.90. The van der Waals surface area contributed by atoms with E-state index < -0.39 is 35.7 Å². The van der Waals surface area contributed by atoms with Gasteiger partial charge in [0.15, 0.2) is 0 Å². The summed E-state index contributed by atoms with van der Waals surface area (Å²) in [5.74, 6) is -0.855. The van der Waals surface area contributed by atoms with E-state index in [9.17, 15) is 24.0 Å².